The highest BCUT2D eigenvalue weighted by Crippen LogP contribution is 2.19. The molecular formula is C10H18N2O3. The van der Waals surface area contributed by atoms with Crippen LogP contribution in [-0.2, 0) is 9.53 Å². The Morgan fingerprint density at radius 2 is 2.33 bits per heavy atom. The molecule has 0 bridgehead atoms. The summed E-state index contributed by atoms with van der Waals surface area (Å²) in [6, 6.07) is 0.278. The standard InChI is InChI=1S/C10H18N2O3/c1-3-15-10(14)11-6-4-5-8-7(2)12-9(8)13/h7-8H,3-6H2,1-2H3,(H,11,14)(H,12,13). The van der Waals surface area contributed by atoms with Gasteiger partial charge in [-0.15, -0.1) is 0 Å². The first-order chi connectivity index (χ1) is 7.15. The number of ether oxygens (including phenoxy) is 1. The molecule has 0 aromatic heterocycles. The molecule has 2 atom stereocenters. The minimum absolute atomic E-state index is 0.119. The van der Waals surface area contributed by atoms with E-state index in [0.29, 0.717) is 13.2 Å². The molecule has 5 nitrogen and oxygen atoms in total. The van der Waals surface area contributed by atoms with Crippen molar-refractivity contribution in [2.24, 2.45) is 5.92 Å². The molecule has 1 fully saturated rings. The van der Waals surface area contributed by atoms with E-state index in [-0.39, 0.29) is 24.0 Å². The fourth-order valence-electron chi connectivity index (χ4n) is 1.64. The fourth-order valence-corrected chi connectivity index (χ4v) is 1.64. The van der Waals surface area contributed by atoms with Crippen molar-refractivity contribution < 1.29 is 14.3 Å². The van der Waals surface area contributed by atoms with Gasteiger partial charge in [-0.05, 0) is 26.7 Å². The highest BCUT2D eigenvalue weighted by Gasteiger charge is 2.34. The summed E-state index contributed by atoms with van der Waals surface area (Å²) >= 11 is 0. The number of rotatable bonds is 5. The topological polar surface area (TPSA) is 67.4 Å². The monoisotopic (exact) mass is 214 g/mol. The van der Waals surface area contributed by atoms with Crippen molar-refractivity contribution in [3.05, 3.63) is 0 Å². The van der Waals surface area contributed by atoms with Crippen LogP contribution in [0.3, 0.4) is 0 Å². The Hall–Kier alpha value is -1.26. The summed E-state index contributed by atoms with van der Waals surface area (Å²) in [5, 5.41) is 5.40. The molecule has 86 valence electrons. The van der Waals surface area contributed by atoms with Gasteiger partial charge in [-0.25, -0.2) is 4.79 Å². The van der Waals surface area contributed by atoms with Crippen LogP contribution in [0.5, 0.6) is 0 Å². The van der Waals surface area contributed by atoms with Gasteiger partial charge in [0.2, 0.25) is 5.91 Å². The fraction of sp³-hybridized carbons (Fsp3) is 0.800. The number of nitrogens with one attached hydrogen (secondary N) is 2. The van der Waals surface area contributed by atoms with Gasteiger partial charge in [0, 0.05) is 12.6 Å². The minimum atomic E-state index is -0.386. The third-order valence-electron chi connectivity index (χ3n) is 2.55. The van der Waals surface area contributed by atoms with Gasteiger partial charge in [-0.3, -0.25) is 4.79 Å². The molecule has 0 radical (unpaired) electrons. The molecule has 1 aliphatic heterocycles. The van der Waals surface area contributed by atoms with Crippen LogP contribution in [0.1, 0.15) is 26.7 Å². The SMILES string of the molecule is CCOC(=O)NCCCC1C(=O)NC1C. The van der Waals surface area contributed by atoms with Gasteiger partial charge < -0.3 is 15.4 Å². The first-order valence-corrected chi connectivity index (χ1v) is 5.36. The molecule has 1 saturated heterocycles. The van der Waals surface area contributed by atoms with Crippen molar-refractivity contribution in [2.45, 2.75) is 32.7 Å². The summed E-state index contributed by atoms with van der Waals surface area (Å²) in [6.07, 6.45) is 1.24. The summed E-state index contributed by atoms with van der Waals surface area (Å²) in [6.45, 7) is 4.70. The third-order valence-corrected chi connectivity index (χ3v) is 2.55. The van der Waals surface area contributed by atoms with Crippen molar-refractivity contribution in [1.29, 1.82) is 0 Å². The van der Waals surface area contributed by atoms with Crippen LogP contribution in [0.15, 0.2) is 0 Å². The van der Waals surface area contributed by atoms with Gasteiger partial charge in [0.05, 0.1) is 12.5 Å². The summed E-state index contributed by atoms with van der Waals surface area (Å²) in [5.74, 6) is 0.243. The Balaban J connectivity index is 2.02. The van der Waals surface area contributed by atoms with Crippen LogP contribution in [0.2, 0.25) is 0 Å². The second-order valence-electron chi connectivity index (χ2n) is 3.69. The van der Waals surface area contributed by atoms with Crippen LogP contribution in [0.25, 0.3) is 0 Å². The molecule has 2 amide bonds. The lowest BCUT2D eigenvalue weighted by atomic mass is 9.88. The Kier molecular flexibility index (Phi) is 4.39. The molecule has 0 spiro atoms. The van der Waals surface area contributed by atoms with Gasteiger partial charge in [0.15, 0.2) is 0 Å². The van der Waals surface area contributed by atoms with E-state index in [4.69, 9.17) is 4.74 Å². The molecule has 0 aromatic carbocycles. The van der Waals surface area contributed by atoms with Crippen molar-refractivity contribution in [2.75, 3.05) is 13.2 Å². The number of hydrogen-bond donors (Lipinski definition) is 2. The smallest absolute Gasteiger partial charge is 0.407 e. The van der Waals surface area contributed by atoms with Crippen molar-refractivity contribution >= 4 is 12.0 Å². The largest absolute Gasteiger partial charge is 0.450 e. The number of carbonyl (C=O) groups excluding carboxylic acids is 2. The van der Waals surface area contributed by atoms with E-state index < -0.39 is 0 Å². The summed E-state index contributed by atoms with van der Waals surface area (Å²) in [5.41, 5.74) is 0. The second kappa shape index (κ2) is 5.58. The van der Waals surface area contributed by atoms with Gasteiger partial charge in [-0.1, -0.05) is 0 Å². The molecule has 0 saturated carbocycles. The Labute approximate surface area is 89.6 Å². The predicted octanol–water partition coefficient (Wildman–Crippen LogP) is 0.647. The minimum Gasteiger partial charge on any atom is -0.450 e. The number of carbonyl (C=O) groups is 2. The summed E-state index contributed by atoms with van der Waals surface area (Å²) in [7, 11) is 0. The van der Waals surface area contributed by atoms with Gasteiger partial charge in [-0.2, -0.15) is 0 Å². The van der Waals surface area contributed by atoms with E-state index >= 15 is 0 Å². The lowest BCUT2D eigenvalue weighted by Crippen LogP contribution is -2.56. The molecule has 5 heteroatoms. The van der Waals surface area contributed by atoms with E-state index in [9.17, 15) is 9.59 Å². The highest BCUT2D eigenvalue weighted by molar-refractivity contribution is 5.85. The number of hydrogen-bond acceptors (Lipinski definition) is 3. The van der Waals surface area contributed by atoms with E-state index in [1.165, 1.54) is 0 Å². The molecule has 0 aromatic rings. The quantitative estimate of drug-likeness (QED) is 0.521. The Morgan fingerprint density at radius 1 is 1.60 bits per heavy atom. The molecule has 2 N–H and O–H groups in total. The Bertz CT molecular complexity index is 243. The Morgan fingerprint density at radius 3 is 2.87 bits per heavy atom. The third kappa shape index (κ3) is 3.42. The van der Waals surface area contributed by atoms with E-state index in [1.807, 2.05) is 6.92 Å². The van der Waals surface area contributed by atoms with Crippen LogP contribution < -0.4 is 10.6 Å². The van der Waals surface area contributed by atoms with Crippen LogP contribution in [0.4, 0.5) is 4.79 Å². The zero-order valence-corrected chi connectivity index (χ0v) is 9.21. The molecular weight excluding hydrogens is 196 g/mol. The maximum Gasteiger partial charge on any atom is 0.407 e. The lowest BCUT2D eigenvalue weighted by Gasteiger charge is -2.34. The summed E-state index contributed by atoms with van der Waals surface area (Å²) in [4.78, 5) is 21.9. The van der Waals surface area contributed by atoms with Crippen LogP contribution >= 0.6 is 0 Å². The molecule has 1 rings (SSSR count). The maximum absolute atomic E-state index is 11.0. The van der Waals surface area contributed by atoms with E-state index in [0.717, 1.165) is 12.8 Å². The van der Waals surface area contributed by atoms with Crippen LogP contribution in [0, 0.1) is 5.92 Å². The molecule has 15 heavy (non-hydrogen) atoms. The second-order valence-corrected chi connectivity index (χ2v) is 3.69. The molecule has 1 aliphatic rings. The highest BCUT2D eigenvalue weighted by atomic mass is 16.5. The number of amides is 2. The van der Waals surface area contributed by atoms with Crippen molar-refractivity contribution in [3.63, 3.8) is 0 Å². The lowest BCUT2D eigenvalue weighted by molar-refractivity contribution is -0.134. The molecule has 0 aliphatic carbocycles. The van der Waals surface area contributed by atoms with Crippen molar-refractivity contribution in [3.8, 4) is 0 Å². The van der Waals surface area contributed by atoms with Crippen LogP contribution in [-0.4, -0.2) is 31.2 Å². The zero-order valence-electron chi connectivity index (χ0n) is 9.21. The normalized spacial score (nSPS) is 24.0. The van der Waals surface area contributed by atoms with Crippen molar-refractivity contribution in [1.82, 2.24) is 10.6 Å². The average molecular weight is 214 g/mol. The number of alkyl carbamates (subject to hydrolysis) is 1. The molecule has 1 heterocycles. The zero-order chi connectivity index (χ0) is 11.3. The first-order valence-electron chi connectivity index (χ1n) is 5.36. The predicted molar refractivity (Wildman–Crippen MR) is 55.4 cm³/mol. The van der Waals surface area contributed by atoms with Gasteiger partial charge in [0.25, 0.3) is 0 Å². The van der Waals surface area contributed by atoms with E-state index in [2.05, 4.69) is 10.6 Å². The first kappa shape index (κ1) is 11.8. The average Bonchev–Trinajstić information content (AvgIpc) is 2.17. The van der Waals surface area contributed by atoms with E-state index in [1.54, 1.807) is 6.92 Å². The molecule has 2 unspecified atom stereocenters. The maximum atomic E-state index is 11.0. The summed E-state index contributed by atoms with van der Waals surface area (Å²) < 4.78 is 4.70. The van der Waals surface area contributed by atoms with Gasteiger partial charge in [0.1, 0.15) is 0 Å². The van der Waals surface area contributed by atoms with Gasteiger partial charge >= 0.3 is 6.09 Å². The number of β-lactam (4-membered cyclic amide) rings is 1.